The zero-order valence-corrected chi connectivity index (χ0v) is 13.1. The normalized spacial score (nSPS) is 17.3. The van der Waals surface area contributed by atoms with Gasteiger partial charge in [0.2, 0.25) is 5.91 Å². The molecule has 1 heterocycles. The summed E-state index contributed by atoms with van der Waals surface area (Å²) in [5, 5.41) is 8.88. The Morgan fingerprint density at radius 2 is 2.00 bits per heavy atom. The van der Waals surface area contributed by atoms with Gasteiger partial charge in [0.05, 0.1) is 5.88 Å². The van der Waals surface area contributed by atoms with Crippen molar-refractivity contribution in [3.8, 4) is 0 Å². The summed E-state index contributed by atoms with van der Waals surface area (Å²) in [5.74, 6) is -0.626. The van der Waals surface area contributed by atoms with Crippen molar-refractivity contribution in [2.24, 2.45) is 0 Å². The molecule has 1 fully saturated rings. The minimum absolute atomic E-state index is 0.199. The molecule has 1 aliphatic heterocycles. The maximum Gasteiger partial charge on any atom is 0.323 e. The van der Waals surface area contributed by atoms with Gasteiger partial charge in [-0.15, -0.1) is 11.8 Å². The van der Waals surface area contributed by atoms with Crippen LogP contribution in [-0.4, -0.2) is 63.5 Å². The van der Waals surface area contributed by atoms with Gasteiger partial charge < -0.3 is 14.9 Å². The lowest BCUT2D eigenvalue weighted by Crippen LogP contribution is -2.50. The van der Waals surface area contributed by atoms with E-state index < -0.39 is 12.0 Å². The summed E-state index contributed by atoms with van der Waals surface area (Å²) in [6, 6.07) is 8.19. The molecule has 2 amide bonds. The summed E-state index contributed by atoms with van der Waals surface area (Å²) >= 11 is 1.50. The van der Waals surface area contributed by atoms with Gasteiger partial charge >= 0.3 is 5.97 Å². The SMILES string of the molecule is CCN(CC(=O)O)C(=O)C1CSCN1C(=O)c1ccccc1. The van der Waals surface area contributed by atoms with Gasteiger partial charge in [0, 0.05) is 17.9 Å². The van der Waals surface area contributed by atoms with Gasteiger partial charge in [-0.2, -0.15) is 0 Å². The quantitative estimate of drug-likeness (QED) is 0.879. The average molecular weight is 322 g/mol. The molecule has 0 aromatic heterocycles. The molecule has 1 N–H and O–H groups in total. The highest BCUT2D eigenvalue weighted by Gasteiger charge is 2.37. The predicted molar refractivity (Wildman–Crippen MR) is 83.6 cm³/mol. The number of hydrogen-bond donors (Lipinski definition) is 1. The van der Waals surface area contributed by atoms with Gasteiger partial charge in [0.15, 0.2) is 0 Å². The Hall–Kier alpha value is -2.02. The van der Waals surface area contributed by atoms with E-state index in [1.54, 1.807) is 31.2 Å². The van der Waals surface area contributed by atoms with Crippen molar-refractivity contribution in [2.75, 3.05) is 24.7 Å². The van der Waals surface area contributed by atoms with Crippen molar-refractivity contribution < 1.29 is 19.5 Å². The summed E-state index contributed by atoms with van der Waals surface area (Å²) in [6.45, 7) is 1.69. The van der Waals surface area contributed by atoms with E-state index in [9.17, 15) is 14.4 Å². The number of likely N-dealkylation sites (N-methyl/N-ethyl adjacent to an activating group) is 1. The zero-order valence-electron chi connectivity index (χ0n) is 12.3. The van der Waals surface area contributed by atoms with E-state index >= 15 is 0 Å². The van der Waals surface area contributed by atoms with Crippen LogP contribution in [-0.2, 0) is 9.59 Å². The molecule has 0 saturated carbocycles. The molecule has 1 unspecified atom stereocenters. The molecule has 2 rings (SSSR count). The number of hydrogen-bond acceptors (Lipinski definition) is 4. The molecule has 1 saturated heterocycles. The van der Waals surface area contributed by atoms with Crippen molar-refractivity contribution in [3.63, 3.8) is 0 Å². The van der Waals surface area contributed by atoms with E-state index in [2.05, 4.69) is 0 Å². The fourth-order valence-corrected chi connectivity index (χ4v) is 3.46. The Kier molecular flexibility index (Phi) is 5.43. The Labute approximate surface area is 133 Å². The number of carbonyl (C=O) groups is 3. The van der Waals surface area contributed by atoms with Crippen molar-refractivity contribution in [3.05, 3.63) is 35.9 Å². The van der Waals surface area contributed by atoms with Gasteiger partial charge in [0.1, 0.15) is 12.6 Å². The van der Waals surface area contributed by atoms with Crippen LogP contribution in [0, 0.1) is 0 Å². The molecule has 6 nitrogen and oxygen atoms in total. The van der Waals surface area contributed by atoms with E-state index in [0.29, 0.717) is 23.7 Å². The smallest absolute Gasteiger partial charge is 0.323 e. The molecule has 0 spiro atoms. The van der Waals surface area contributed by atoms with E-state index in [1.165, 1.54) is 21.6 Å². The third kappa shape index (κ3) is 3.59. The number of carboxylic acids is 1. The second-order valence-electron chi connectivity index (χ2n) is 4.90. The minimum Gasteiger partial charge on any atom is -0.480 e. The van der Waals surface area contributed by atoms with Gasteiger partial charge in [-0.25, -0.2) is 0 Å². The molecule has 0 bridgehead atoms. The van der Waals surface area contributed by atoms with Crippen LogP contribution in [0.15, 0.2) is 30.3 Å². The number of nitrogens with zero attached hydrogens (tertiary/aromatic N) is 2. The highest BCUT2D eigenvalue weighted by molar-refractivity contribution is 7.99. The molecule has 1 atom stereocenters. The molecule has 1 aromatic carbocycles. The monoisotopic (exact) mass is 322 g/mol. The Morgan fingerprint density at radius 1 is 1.32 bits per heavy atom. The Bertz CT molecular complexity index is 564. The highest BCUT2D eigenvalue weighted by atomic mass is 32.2. The number of thioether (sulfide) groups is 1. The van der Waals surface area contributed by atoms with E-state index in [1.807, 2.05) is 6.07 Å². The van der Waals surface area contributed by atoms with Crippen LogP contribution in [0.4, 0.5) is 0 Å². The summed E-state index contributed by atoms with van der Waals surface area (Å²) in [7, 11) is 0. The molecule has 1 aromatic rings. The van der Waals surface area contributed by atoms with Crippen LogP contribution >= 0.6 is 11.8 Å². The van der Waals surface area contributed by atoms with E-state index in [0.717, 1.165) is 0 Å². The fraction of sp³-hybridized carbons (Fsp3) is 0.400. The first-order chi connectivity index (χ1) is 10.5. The lowest BCUT2D eigenvalue weighted by Gasteiger charge is -2.28. The van der Waals surface area contributed by atoms with Crippen LogP contribution < -0.4 is 0 Å². The Balaban J connectivity index is 2.14. The van der Waals surface area contributed by atoms with E-state index in [4.69, 9.17) is 5.11 Å². The average Bonchev–Trinajstić information content (AvgIpc) is 3.01. The molecule has 1 aliphatic rings. The van der Waals surface area contributed by atoms with Crippen LogP contribution in [0.1, 0.15) is 17.3 Å². The van der Waals surface area contributed by atoms with Crippen LogP contribution in [0.5, 0.6) is 0 Å². The maximum absolute atomic E-state index is 12.5. The standard InChI is InChI=1S/C15H18N2O4S/c1-2-16(8-13(18)19)15(21)12-9-22-10-17(12)14(20)11-6-4-3-5-7-11/h3-7,12H,2,8-10H2,1H3,(H,18,19). The lowest BCUT2D eigenvalue weighted by atomic mass is 10.1. The van der Waals surface area contributed by atoms with Crippen molar-refractivity contribution >= 4 is 29.5 Å². The number of aliphatic carboxylic acids is 1. The maximum atomic E-state index is 12.5. The Morgan fingerprint density at radius 3 is 2.59 bits per heavy atom. The summed E-state index contributed by atoms with van der Waals surface area (Å²) in [6.07, 6.45) is 0. The molecular weight excluding hydrogens is 304 g/mol. The van der Waals surface area contributed by atoms with Gasteiger partial charge in [-0.3, -0.25) is 14.4 Å². The molecule has 22 heavy (non-hydrogen) atoms. The first-order valence-corrected chi connectivity index (χ1v) is 8.14. The molecule has 118 valence electrons. The zero-order chi connectivity index (χ0) is 16.1. The number of carboxylic acid groups (broad SMARTS) is 1. The molecule has 0 aliphatic carbocycles. The van der Waals surface area contributed by atoms with Crippen molar-refractivity contribution in [2.45, 2.75) is 13.0 Å². The largest absolute Gasteiger partial charge is 0.480 e. The number of rotatable bonds is 5. The van der Waals surface area contributed by atoms with Crippen LogP contribution in [0.3, 0.4) is 0 Å². The third-order valence-electron chi connectivity index (χ3n) is 3.47. The van der Waals surface area contributed by atoms with Gasteiger partial charge in [-0.1, -0.05) is 18.2 Å². The fourth-order valence-electron chi connectivity index (χ4n) is 2.31. The van der Waals surface area contributed by atoms with Crippen molar-refractivity contribution in [1.29, 1.82) is 0 Å². The summed E-state index contributed by atoms with van der Waals surface area (Å²) < 4.78 is 0. The second-order valence-corrected chi connectivity index (χ2v) is 5.90. The summed E-state index contributed by atoms with van der Waals surface area (Å²) in [4.78, 5) is 38.7. The molecule has 0 radical (unpaired) electrons. The third-order valence-corrected chi connectivity index (χ3v) is 4.48. The molecular formula is C15H18N2O4S. The first-order valence-electron chi connectivity index (χ1n) is 6.99. The second kappa shape index (κ2) is 7.31. The van der Waals surface area contributed by atoms with Gasteiger partial charge in [-0.05, 0) is 19.1 Å². The topological polar surface area (TPSA) is 77.9 Å². The minimum atomic E-state index is -1.05. The lowest BCUT2D eigenvalue weighted by molar-refractivity contribution is -0.145. The first kappa shape index (κ1) is 16.4. The van der Waals surface area contributed by atoms with Crippen LogP contribution in [0.2, 0.25) is 0 Å². The predicted octanol–water partition coefficient (Wildman–Crippen LogP) is 1.13. The van der Waals surface area contributed by atoms with Crippen molar-refractivity contribution in [1.82, 2.24) is 9.80 Å². The summed E-state index contributed by atoms with van der Waals surface area (Å²) in [5.41, 5.74) is 0.532. The highest BCUT2D eigenvalue weighted by Crippen LogP contribution is 2.24. The number of amides is 2. The van der Waals surface area contributed by atoms with Gasteiger partial charge in [0.25, 0.3) is 5.91 Å². The number of carbonyl (C=O) groups excluding carboxylic acids is 2. The number of benzene rings is 1. The molecule has 7 heteroatoms. The van der Waals surface area contributed by atoms with E-state index in [-0.39, 0.29) is 18.4 Å². The van der Waals surface area contributed by atoms with Crippen LogP contribution in [0.25, 0.3) is 0 Å².